The Morgan fingerprint density at radius 3 is 2.54 bits per heavy atom. The van der Waals surface area contributed by atoms with E-state index in [0.717, 1.165) is 25.4 Å². The SMILES string of the molecule is CC1CC[NH+](CN2C(=O)N[C@](C)(CCc3ccccc3)C2=O)CC1. The van der Waals surface area contributed by atoms with Crippen LogP contribution in [0.2, 0.25) is 0 Å². The number of nitrogens with one attached hydrogen (secondary N) is 2. The van der Waals surface area contributed by atoms with Crippen LogP contribution < -0.4 is 10.2 Å². The third-order valence-electron chi connectivity index (χ3n) is 5.46. The lowest BCUT2D eigenvalue weighted by Gasteiger charge is -2.29. The molecule has 2 aliphatic heterocycles. The highest BCUT2D eigenvalue weighted by Gasteiger charge is 2.48. The first-order chi connectivity index (χ1) is 11.5. The summed E-state index contributed by atoms with van der Waals surface area (Å²) in [6, 6.07) is 9.86. The lowest BCUT2D eigenvalue weighted by molar-refractivity contribution is -0.913. The van der Waals surface area contributed by atoms with E-state index in [-0.39, 0.29) is 11.9 Å². The zero-order valence-electron chi connectivity index (χ0n) is 14.7. The normalized spacial score (nSPS) is 30.5. The van der Waals surface area contributed by atoms with Gasteiger partial charge in [-0.05, 0) is 44.1 Å². The molecular formula is C19H28N3O2+. The van der Waals surface area contributed by atoms with Gasteiger partial charge in [-0.3, -0.25) is 4.79 Å². The number of hydrogen-bond acceptors (Lipinski definition) is 2. The van der Waals surface area contributed by atoms with Crippen molar-refractivity contribution in [3.63, 3.8) is 0 Å². The second kappa shape index (κ2) is 6.93. The Bertz CT molecular complexity index is 596. The molecule has 2 heterocycles. The molecule has 0 aliphatic carbocycles. The summed E-state index contributed by atoms with van der Waals surface area (Å²) in [6.07, 6.45) is 3.75. The van der Waals surface area contributed by atoms with Crippen LogP contribution in [0.15, 0.2) is 30.3 Å². The number of carbonyl (C=O) groups excluding carboxylic acids is 2. The number of carbonyl (C=O) groups is 2. The zero-order valence-corrected chi connectivity index (χ0v) is 14.7. The molecule has 3 amide bonds. The van der Waals surface area contributed by atoms with Gasteiger partial charge in [0.25, 0.3) is 5.91 Å². The van der Waals surface area contributed by atoms with Crippen LogP contribution in [0.4, 0.5) is 4.79 Å². The number of likely N-dealkylation sites (tertiary alicyclic amines) is 1. The number of benzene rings is 1. The van der Waals surface area contributed by atoms with Gasteiger partial charge < -0.3 is 10.2 Å². The maximum Gasteiger partial charge on any atom is 0.329 e. The molecule has 5 heteroatoms. The first kappa shape index (κ1) is 17.0. The number of imide groups is 1. The van der Waals surface area contributed by atoms with Crippen molar-refractivity contribution in [1.29, 1.82) is 0 Å². The maximum absolute atomic E-state index is 12.8. The highest BCUT2D eigenvalue weighted by atomic mass is 16.2. The van der Waals surface area contributed by atoms with Gasteiger partial charge in [-0.15, -0.1) is 0 Å². The van der Waals surface area contributed by atoms with E-state index in [4.69, 9.17) is 0 Å². The largest absolute Gasteiger partial charge is 0.329 e. The first-order valence-electron chi connectivity index (χ1n) is 8.99. The molecule has 1 atom stereocenters. The lowest BCUT2D eigenvalue weighted by Crippen LogP contribution is -3.14. The zero-order chi connectivity index (χ0) is 17.2. The molecule has 130 valence electrons. The standard InChI is InChI=1S/C19H27N3O2/c1-15-9-12-21(13-10-15)14-22-17(23)19(2,20-18(22)24)11-8-16-6-4-3-5-7-16/h3-7,15H,8-14H2,1-2H3,(H,20,24)/p+1/t19-/m1/s1. The summed E-state index contributed by atoms with van der Waals surface area (Å²) in [6.45, 7) is 6.70. The van der Waals surface area contributed by atoms with Gasteiger partial charge in [0, 0.05) is 0 Å². The predicted molar refractivity (Wildman–Crippen MR) is 92.5 cm³/mol. The van der Waals surface area contributed by atoms with Crippen molar-refractivity contribution in [3.8, 4) is 0 Å². The van der Waals surface area contributed by atoms with Crippen molar-refractivity contribution >= 4 is 11.9 Å². The molecule has 3 rings (SSSR count). The second-order valence-corrected chi connectivity index (χ2v) is 7.57. The number of aryl methyl sites for hydroxylation is 1. The summed E-state index contributed by atoms with van der Waals surface area (Å²) in [5.74, 6) is 0.683. The Hall–Kier alpha value is -1.88. The molecule has 0 aromatic heterocycles. The summed E-state index contributed by atoms with van der Waals surface area (Å²) in [7, 11) is 0. The summed E-state index contributed by atoms with van der Waals surface area (Å²) < 4.78 is 0. The summed E-state index contributed by atoms with van der Waals surface area (Å²) >= 11 is 0. The molecule has 24 heavy (non-hydrogen) atoms. The van der Waals surface area contributed by atoms with Crippen LogP contribution in [0.1, 0.15) is 38.7 Å². The maximum atomic E-state index is 12.8. The third kappa shape index (κ3) is 3.61. The van der Waals surface area contributed by atoms with Crippen LogP contribution in [0.25, 0.3) is 0 Å². The number of rotatable bonds is 5. The highest BCUT2D eigenvalue weighted by molar-refractivity contribution is 6.06. The van der Waals surface area contributed by atoms with E-state index in [1.165, 1.54) is 28.2 Å². The van der Waals surface area contributed by atoms with Gasteiger partial charge in [-0.1, -0.05) is 37.3 Å². The minimum Gasteiger partial charge on any atom is -0.323 e. The number of urea groups is 1. The average molecular weight is 330 g/mol. The van der Waals surface area contributed by atoms with E-state index in [2.05, 4.69) is 24.4 Å². The molecule has 0 bridgehead atoms. The molecule has 1 aromatic rings. The molecule has 2 fully saturated rings. The van der Waals surface area contributed by atoms with Gasteiger partial charge in [0.2, 0.25) is 0 Å². The van der Waals surface area contributed by atoms with Crippen LogP contribution in [0.3, 0.4) is 0 Å². The van der Waals surface area contributed by atoms with Crippen molar-refractivity contribution in [3.05, 3.63) is 35.9 Å². The number of nitrogens with zero attached hydrogens (tertiary/aromatic N) is 1. The van der Waals surface area contributed by atoms with E-state index >= 15 is 0 Å². The van der Waals surface area contributed by atoms with E-state index < -0.39 is 5.54 Å². The second-order valence-electron chi connectivity index (χ2n) is 7.57. The minimum atomic E-state index is -0.782. The molecule has 0 spiro atoms. The minimum absolute atomic E-state index is 0.0745. The molecular weight excluding hydrogens is 302 g/mol. The monoisotopic (exact) mass is 330 g/mol. The number of quaternary nitrogens is 1. The Balaban J connectivity index is 1.60. The van der Waals surface area contributed by atoms with Crippen LogP contribution in [-0.2, 0) is 11.2 Å². The fourth-order valence-corrected chi connectivity index (χ4v) is 3.65. The van der Waals surface area contributed by atoms with Gasteiger partial charge in [-0.25, -0.2) is 9.69 Å². The van der Waals surface area contributed by atoms with Gasteiger partial charge in [0.05, 0.1) is 13.1 Å². The fourth-order valence-electron chi connectivity index (χ4n) is 3.65. The summed E-state index contributed by atoms with van der Waals surface area (Å²) in [5, 5.41) is 2.92. The average Bonchev–Trinajstić information content (AvgIpc) is 2.80. The van der Waals surface area contributed by atoms with Gasteiger partial charge >= 0.3 is 6.03 Å². The topological polar surface area (TPSA) is 53.9 Å². The molecule has 0 saturated carbocycles. The van der Waals surface area contributed by atoms with E-state index in [9.17, 15) is 9.59 Å². The van der Waals surface area contributed by atoms with Gasteiger partial charge in [0.15, 0.2) is 6.67 Å². The predicted octanol–water partition coefficient (Wildman–Crippen LogP) is 1.20. The Kier molecular flexibility index (Phi) is 4.90. The van der Waals surface area contributed by atoms with Crippen molar-refractivity contribution in [1.82, 2.24) is 10.2 Å². The van der Waals surface area contributed by atoms with Crippen LogP contribution in [0.5, 0.6) is 0 Å². The molecule has 5 nitrogen and oxygen atoms in total. The summed E-state index contributed by atoms with van der Waals surface area (Å²) in [5.41, 5.74) is 0.407. The smallest absolute Gasteiger partial charge is 0.323 e. The quantitative estimate of drug-likeness (QED) is 0.797. The lowest BCUT2D eigenvalue weighted by atomic mass is 9.93. The molecule has 2 saturated heterocycles. The van der Waals surface area contributed by atoms with Gasteiger partial charge in [-0.2, -0.15) is 0 Å². The van der Waals surface area contributed by atoms with Crippen LogP contribution in [0, 0.1) is 5.92 Å². The number of piperidine rings is 1. The molecule has 2 aliphatic rings. The number of amides is 3. The molecule has 1 aromatic carbocycles. The molecule has 0 radical (unpaired) electrons. The third-order valence-corrected chi connectivity index (χ3v) is 5.46. The van der Waals surface area contributed by atoms with E-state index in [1.54, 1.807) is 0 Å². The van der Waals surface area contributed by atoms with Crippen LogP contribution >= 0.6 is 0 Å². The van der Waals surface area contributed by atoms with E-state index in [0.29, 0.717) is 13.1 Å². The van der Waals surface area contributed by atoms with Crippen molar-refractivity contribution in [2.45, 2.75) is 45.1 Å². The van der Waals surface area contributed by atoms with Crippen molar-refractivity contribution in [2.75, 3.05) is 19.8 Å². The molecule has 0 unspecified atom stereocenters. The number of hydrogen-bond donors (Lipinski definition) is 2. The highest BCUT2D eigenvalue weighted by Crippen LogP contribution is 2.22. The summed E-state index contributed by atoms with van der Waals surface area (Å²) in [4.78, 5) is 27.9. The van der Waals surface area contributed by atoms with Crippen molar-refractivity contribution in [2.24, 2.45) is 5.92 Å². The fraction of sp³-hybridized carbons (Fsp3) is 0.579. The van der Waals surface area contributed by atoms with Crippen molar-refractivity contribution < 1.29 is 14.5 Å². The Morgan fingerprint density at radius 2 is 1.88 bits per heavy atom. The van der Waals surface area contributed by atoms with Gasteiger partial charge in [0.1, 0.15) is 5.54 Å². The Morgan fingerprint density at radius 1 is 1.21 bits per heavy atom. The van der Waals surface area contributed by atoms with Crippen LogP contribution in [-0.4, -0.2) is 42.1 Å². The Labute approximate surface area is 144 Å². The first-order valence-corrected chi connectivity index (χ1v) is 8.99. The van der Waals surface area contributed by atoms with E-state index in [1.807, 2.05) is 25.1 Å². The molecule has 2 N–H and O–H groups in total.